The zero-order valence-electron chi connectivity index (χ0n) is 17.2. The van der Waals surface area contributed by atoms with E-state index >= 15 is 0 Å². The average Bonchev–Trinajstić information content (AvgIpc) is 3.07. The zero-order chi connectivity index (χ0) is 21.1. The Morgan fingerprint density at radius 1 is 1.07 bits per heavy atom. The van der Waals surface area contributed by atoms with Crippen LogP contribution in [0.15, 0.2) is 48.5 Å². The normalized spacial score (nSPS) is 17.8. The Bertz CT molecular complexity index is 875. The first-order chi connectivity index (χ1) is 14.5. The molecule has 0 radical (unpaired) electrons. The minimum atomic E-state index is -1.01. The van der Waals surface area contributed by atoms with Crippen molar-refractivity contribution in [2.45, 2.75) is 31.2 Å². The van der Waals surface area contributed by atoms with Gasteiger partial charge in [0, 0.05) is 5.92 Å². The Balaban J connectivity index is 1.37. The van der Waals surface area contributed by atoms with E-state index in [0.717, 1.165) is 48.2 Å². The first-order valence-electron chi connectivity index (χ1n) is 10.6. The smallest absolute Gasteiger partial charge is 0.407 e. The largest absolute Gasteiger partial charge is 0.480 e. The lowest BCUT2D eigenvalue weighted by Crippen LogP contribution is -2.44. The molecule has 1 heterocycles. The fourth-order valence-electron chi connectivity index (χ4n) is 4.63. The zero-order valence-corrected chi connectivity index (χ0v) is 17.2. The summed E-state index contributed by atoms with van der Waals surface area (Å²) in [5.74, 6) is -0.751. The average molecular weight is 408 g/mol. The second-order valence-corrected chi connectivity index (χ2v) is 8.34. The van der Waals surface area contributed by atoms with Gasteiger partial charge in [0.25, 0.3) is 0 Å². The number of alkyl carbamates (subject to hydrolysis) is 1. The van der Waals surface area contributed by atoms with Gasteiger partial charge in [0.05, 0.1) is 0 Å². The van der Waals surface area contributed by atoms with Crippen molar-refractivity contribution >= 4 is 12.1 Å². The molecule has 0 bridgehead atoms. The fraction of sp³-hybridized carbons (Fsp3) is 0.417. The van der Waals surface area contributed by atoms with Crippen LogP contribution in [0.5, 0.6) is 0 Å². The number of nitrogens with one attached hydrogen (secondary N) is 1. The van der Waals surface area contributed by atoms with Gasteiger partial charge in [-0.2, -0.15) is 0 Å². The number of fused-ring (bicyclic) bond motifs is 3. The highest BCUT2D eigenvalue weighted by molar-refractivity contribution is 5.81. The molecule has 2 aliphatic rings. The number of nitrogens with zero attached hydrogens (tertiary/aromatic N) is 1. The first-order valence-corrected chi connectivity index (χ1v) is 10.6. The van der Waals surface area contributed by atoms with Crippen molar-refractivity contribution in [3.05, 3.63) is 59.7 Å². The summed E-state index contributed by atoms with van der Waals surface area (Å²) in [5, 5.41) is 12.1. The molecule has 158 valence electrons. The number of rotatable bonds is 6. The molecular formula is C24H28N2O4. The minimum absolute atomic E-state index is 0.0414. The molecule has 1 atom stereocenters. The Hall–Kier alpha value is -2.86. The molecule has 6 nitrogen and oxygen atoms in total. The highest BCUT2D eigenvalue weighted by Gasteiger charge is 2.30. The monoisotopic (exact) mass is 408 g/mol. The maximum Gasteiger partial charge on any atom is 0.407 e. The molecule has 6 heteroatoms. The van der Waals surface area contributed by atoms with Crippen molar-refractivity contribution in [3.8, 4) is 11.1 Å². The number of likely N-dealkylation sites (tertiary alicyclic amines) is 1. The molecule has 1 aliphatic heterocycles. The van der Waals surface area contributed by atoms with E-state index in [1.54, 1.807) is 0 Å². The first kappa shape index (κ1) is 20.4. The van der Waals surface area contributed by atoms with E-state index in [9.17, 15) is 14.7 Å². The molecule has 1 amide bonds. The van der Waals surface area contributed by atoms with Crippen molar-refractivity contribution < 1.29 is 19.4 Å². The van der Waals surface area contributed by atoms with Crippen molar-refractivity contribution in [1.82, 2.24) is 10.2 Å². The van der Waals surface area contributed by atoms with E-state index in [4.69, 9.17) is 4.74 Å². The molecule has 1 saturated heterocycles. The van der Waals surface area contributed by atoms with Gasteiger partial charge in [-0.3, -0.25) is 0 Å². The molecule has 1 aliphatic carbocycles. The second kappa shape index (κ2) is 8.88. The van der Waals surface area contributed by atoms with Crippen LogP contribution in [0.1, 0.15) is 36.3 Å². The lowest BCUT2D eigenvalue weighted by atomic mass is 9.90. The van der Waals surface area contributed by atoms with E-state index in [-0.39, 0.29) is 12.5 Å². The van der Waals surface area contributed by atoms with Gasteiger partial charge in [-0.05, 0) is 67.6 Å². The van der Waals surface area contributed by atoms with Gasteiger partial charge in [-0.15, -0.1) is 0 Å². The summed E-state index contributed by atoms with van der Waals surface area (Å²) < 4.78 is 5.50. The SMILES string of the molecule is CN1CCC(CC(NC(=O)OCC2c3ccccc3-c3ccccc32)C(=O)O)CC1. The number of ether oxygens (including phenoxy) is 1. The number of aliphatic carboxylic acids is 1. The van der Waals surface area contributed by atoms with E-state index in [0.29, 0.717) is 12.3 Å². The Morgan fingerprint density at radius 3 is 2.20 bits per heavy atom. The van der Waals surface area contributed by atoms with Gasteiger partial charge >= 0.3 is 12.1 Å². The fourth-order valence-corrected chi connectivity index (χ4v) is 4.63. The molecule has 0 spiro atoms. The van der Waals surface area contributed by atoms with Gasteiger partial charge in [-0.25, -0.2) is 9.59 Å². The van der Waals surface area contributed by atoms with Gasteiger partial charge in [-0.1, -0.05) is 48.5 Å². The Morgan fingerprint density at radius 2 is 1.63 bits per heavy atom. The summed E-state index contributed by atoms with van der Waals surface area (Å²) in [7, 11) is 2.07. The number of piperidine rings is 1. The number of carbonyl (C=O) groups excluding carboxylic acids is 1. The quantitative estimate of drug-likeness (QED) is 0.762. The number of benzene rings is 2. The highest BCUT2D eigenvalue weighted by atomic mass is 16.5. The number of hydrogen-bond donors (Lipinski definition) is 2. The predicted octanol–water partition coefficient (Wildman–Crippen LogP) is 3.71. The van der Waals surface area contributed by atoms with Gasteiger partial charge in [0.15, 0.2) is 0 Å². The van der Waals surface area contributed by atoms with Crippen LogP contribution in [0, 0.1) is 5.92 Å². The standard InChI is InChI=1S/C24H28N2O4/c1-26-12-10-16(11-13-26)14-22(23(27)28)25-24(29)30-15-21-19-8-4-2-6-17(19)18-7-3-5-9-20(18)21/h2-9,16,21-22H,10-15H2,1H3,(H,25,29)(H,27,28). The third-order valence-corrected chi connectivity index (χ3v) is 6.34. The molecule has 30 heavy (non-hydrogen) atoms. The summed E-state index contributed by atoms with van der Waals surface area (Å²) in [5.41, 5.74) is 4.58. The van der Waals surface area contributed by atoms with Crippen molar-refractivity contribution in [2.24, 2.45) is 5.92 Å². The highest BCUT2D eigenvalue weighted by Crippen LogP contribution is 2.44. The van der Waals surface area contributed by atoms with Crippen molar-refractivity contribution in [2.75, 3.05) is 26.7 Å². The molecular weight excluding hydrogens is 380 g/mol. The number of carboxylic acids is 1. The summed E-state index contributed by atoms with van der Waals surface area (Å²) in [6.07, 6.45) is 1.67. The summed E-state index contributed by atoms with van der Waals surface area (Å²) in [6.45, 7) is 2.10. The van der Waals surface area contributed by atoms with Crippen LogP contribution < -0.4 is 5.32 Å². The van der Waals surface area contributed by atoms with Gasteiger partial charge < -0.3 is 20.1 Å². The summed E-state index contributed by atoms with van der Waals surface area (Å²) >= 11 is 0. The van der Waals surface area contributed by atoms with Gasteiger partial charge in [0.1, 0.15) is 12.6 Å². The third kappa shape index (κ3) is 4.33. The Kier molecular flexibility index (Phi) is 6.04. The Labute approximate surface area is 176 Å². The van der Waals surface area contributed by atoms with Crippen LogP contribution in [0.25, 0.3) is 11.1 Å². The summed E-state index contributed by atoms with van der Waals surface area (Å²) in [6, 6.07) is 15.3. The lowest BCUT2D eigenvalue weighted by molar-refractivity contribution is -0.139. The molecule has 2 aromatic rings. The lowest BCUT2D eigenvalue weighted by Gasteiger charge is -2.30. The summed E-state index contributed by atoms with van der Waals surface area (Å²) in [4.78, 5) is 26.3. The third-order valence-electron chi connectivity index (χ3n) is 6.34. The second-order valence-electron chi connectivity index (χ2n) is 8.34. The van der Waals surface area contributed by atoms with E-state index in [2.05, 4.69) is 41.5 Å². The number of hydrogen-bond acceptors (Lipinski definition) is 4. The van der Waals surface area contributed by atoms with Crippen LogP contribution >= 0.6 is 0 Å². The molecule has 4 rings (SSSR count). The number of amides is 1. The molecule has 2 N–H and O–H groups in total. The molecule has 1 unspecified atom stereocenters. The molecule has 1 fully saturated rings. The number of carboxylic acid groups (broad SMARTS) is 1. The number of carbonyl (C=O) groups is 2. The minimum Gasteiger partial charge on any atom is -0.480 e. The van der Waals surface area contributed by atoms with Crippen LogP contribution in [0.2, 0.25) is 0 Å². The van der Waals surface area contributed by atoms with Crippen LogP contribution in [-0.2, 0) is 9.53 Å². The van der Waals surface area contributed by atoms with Crippen molar-refractivity contribution in [3.63, 3.8) is 0 Å². The van der Waals surface area contributed by atoms with Crippen LogP contribution in [-0.4, -0.2) is 54.9 Å². The maximum absolute atomic E-state index is 12.4. The van der Waals surface area contributed by atoms with Crippen LogP contribution in [0.4, 0.5) is 4.79 Å². The van der Waals surface area contributed by atoms with E-state index in [1.165, 1.54) is 0 Å². The van der Waals surface area contributed by atoms with Crippen LogP contribution in [0.3, 0.4) is 0 Å². The molecule has 2 aromatic carbocycles. The maximum atomic E-state index is 12.4. The van der Waals surface area contributed by atoms with Gasteiger partial charge in [0.2, 0.25) is 0 Å². The topological polar surface area (TPSA) is 78.9 Å². The predicted molar refractivity (Wildman–Crippen MR) is 114 cm³/mol. The molecule has 0 aromatic heterocycles. The van der Waals surface area contributed by atoms with E-state index < -0.39 is 18.1 Å². The van der Waals surface area contributed by atoms with E-state index in [1.807, 2.05) is 24.3 Å². The van der Waals surface area contributed by atoms with Crippen molar-refractivity contribution in [1.29, 1.82) is 0 Å². The molecule has 0 saturated carbocycles.